The van der Waals surface area contributed by atoms with Gasteiger partial charge >= 0.3 is 0 Å². The van der Waals surface area contributed by atoms with Crippen molar-refractivity contribution in [1.29, 1.82) is 0 Å². The smallest absolute Gasteiger partial charge is 0.0239 e. The second kappa shape index (κ2) is 6.72. The second-order valence-electron chi connectivity index (χ2n) is 5.11. The van der Waals surface area contributed by atoms with Gasteiger partial charge in [0, 0.05) is 19.6 Å². The standard InChI is InChI=1S/C16H24N2/c1-3-17-11-14(2)12-18-10-6-9-15-7-4-5-8-16(15)13-18/h4-5,7-8,17H,2-3,6,9-13H2,1H3. The predicted octanol–water partition coefficient (Wildman–Crippen LogP) is 2.60. The molecule has 0 aromatic heterocycles. The fourth-order valence-corrected chi connectivity index (χ4v) is 2.58. The SMILES string of the molecule is C=C(CNCC)CN1CCCc2ccccc2C1. The molecule has 0 atom stereocenters. The number of hydrogen-bond donors (Lipinski definition) is 1. The van der Waals surface area contributed by atoms with Gasteiger partial charge in [0.25, 0.3) is 0 Å². The van der Waals surface area contributed by atoms with Crippen LogP contribution in [-0.4, -0.2) is 31.1 Å². The van der Waals surface area contributed by atoms with E-state index in [4.69, 9.17) is 0 Å². The largest absolute Gasteiger partial charge is 0.313 e. The van der Waals surface area contributed by atoms with Crippen molar-refractivity contribution in [3.8, 4) is 0 Å². The first kappa shape index (κ1) is 13.3. The third-order valence-corrected chi connectivity index (χ3v) is 3.51. The fourth-order valence-electron chi connectivity index (χ4n) is 2.58. The van der Waals surface area contributed by atoms with Crippen LogP contribution >= 0.6 is 0 Å². The number of hydrogen-bond acceptors (Lipinski definition) is 2. The van der Waals surface area contributed by atoms with E-state index in [1.54, 1.807) is 0 Å². The Kier molecular flexibility index (Phi) is 4.97. The lowest BCUT2D eigenvalue weighted by Gasteiger charge is -2.21. The molecule has 0 amide bonds. The van der Waals surface area contributed by atoms with Gasteiger partial charge in [0.15, 0.2) is 0 Å². The van der Waals surface area contributed by atoms with Gasteiger partial charge in [0.1, 0.15) is 0 Å². The monoisotopic (exact) mass is 244 g/mol. The molecule has 0 unspecified atom stereocenters. The molecule has 2 nitrogen and oxygen atoms in total. The molecule has 0 spiro atoms. The minimum Gasteiger partial charge on any atom is -0.313 e. The molecule has 0 radical (unpaired) electrons. The average molecular weight is 244 g/mol. The first-order chi connectivity index (χ1) is 8.79. The molecule has 0 saturated heterocycles. The first-order valence-corrected chi connectivity index (χ1v) is 6.96. The summed E-state index contributed by atoms with van der Waals surface area (Å²) in [6.07, 6.45) is 2.47. The van der Waals surface area contributed by atoms with Crippen molar-refractivity contribution in [2.45, 2.75) is 26.3 Å². The van der Waals surface area contributed by atoms with E-state index in [0.29, 0.717) is 0 Å². The van der Waals surface area contributed by atoms with E-state index in [0.717, 1.165) is 26.2 Å². The molecule has 1 aliphatic heterocycles. The molecule has 1 aromatic carbocycles. The van der Waals surface area contributed by atoms with Crippen LogP contribution in [0, 0.1) is 0 Å². The van der Waals surface area contributed by atoms with Crippen LogP contribution in [0.1, 0.15) is 24.5 Å². The van der Waals surface area contributed by atoms with Crippen LogP contribution in [0.4, 0.5) is 0 Å². The summed E-state index contributed by atoms with van der Waals surface area (Å²) < 4.78 is 0. The number of rotatable bonds is 5. The number of fused-ring (bicyclic) bond motifs is 1. The van der Waals surface area contributed by atoms with Crippen LogP contribution in [0.15, 0.2) is 36.4 Å². The van der Waals surface area contributed by atoms with Gasteiger partial charge in [-0.1, -0.05) is 37.8 Å². The lowest BCUT2D eigenvalue weighted by molar-refractivity contribution is 0.291. The summed E-state index contributed by atoms with van der Waals surface area (Å²) >= 11 is 0. The van der Waals surface area contributed by atoms with Crippen molar-refractivity contribution >= 4 is 0 Å². The normalized spacial score (nSPS) is 16.1. The maximum Gasteiger partial charge on any atom is 0.0239 e. The van der Waals surface area contributed by atoms with Crippen molar-refractivity contribution in [2.75, 3.05) is 26.2 Å². The zero-order chi connectivity index (χ0) is 12.8. The molecule has 2 heteroatoms. The highest BCUT2D eigenvalue weighted by molar-refractivity contribution is 5.28. The molecular weight excluding hydrogens is 220 g/mol. The number of aryl methyl sites for hydroxylation is 1. The van der Waals surface area contributed by atoms with Crippen molar-refractivity contribution in [1.82, 2.24) is 10.2 Å². The van der Waals surface area contributed by atoms with Gasteiger partial charge in [-0.05, 0) is 42.6 Å². The van der Waals surface area contributed by atoms with Crippen LogP contribution < -0.4 is 5.32 Å². The molecule has 1 heterocycles. The predicted molar refractivity (Wildman–Crippen MR) is 77.7 cm³/mol. The Balaban J connectivity index is 1.93. The van der Waals surface area contributed by atoms with E-state index in [1.165, 1.54) is 36.1 Å². The Morgan fingerprint density at radius 1 is 1.33 bits per heavy atom. The average Bonchev–Trinajstić information content (AvgIpc) is 2.57. The van der Waals surface area contributed by atoms with Crippen LogP contribution in [0.2, 0.25) is 0 Å². The zero-order valence-corrected chi connectivity index (χ0v) is 11.4. The first-order valence-electron chi connectivity index (χ1n) is 6.96. The summed E-state index contributed by atoms with van der Waals surface area (Å²) in [7, 11) is 0. The molecule has 98 valence electrons. The Labute approximate surface area is 111 Å². The summed E-state index contributed by atoms with van der Waals surface area (Å²) in [6, 6.07) is 8.83. The Bertz CT molecular complexity index is 398. The number of nitrogens with zero attached hydrogens (tertiary/aromatic N) is 1. The lowest BCUT2D eigenvalue weighted by atomic mass is 10.0. The van der Waals surface area contributed by atoms with Crippen molar-refractivity contribution in [3.63, 3.8) is 0 Å². The number of benzene rings is 1. The topological polar surface area (TPSA) is 15.3 Å². The van der Waals surface area contributed by atoms with E-state index in [9.17, 15) is 0 Å². The van der Waals surface area contributed by atoms with Gasteiger partial charge in [-0.3, -0.25) is 4.90 Å². The molecule has 1 N–H and O–H groups in total. The Hall–Kier alpha value is -1.12. The molecule has 18 heavy (non-hydrogen) atoms. The summed E-state index contributed by atoms with van der Waals surface area (Å²) in [4.78, 5) is 2.52. The van der Waals surface area contributed by atoms with E-state index in [2.05, 4.69) is 48.0 Å². The van der Waals surface area contributed by atoms with Gasteiger partial charge in [0.2, 0.25) is 0 Å². The zero-order valence-electron chi connectivity index (χ0n) is 11.4. The summed E-state index contributed by atoms with van der Waals surface area (Å²) in [6.45, 7) is 11.5. The molecule has 0 aliphatic carbocycles. The maximum atomic E-state index is 4.17. The third kappa shape index (κ3) is 3.69. The van der Waals surface area contributed by atoms with Crippen LogP contribution in [0.25, 0.3) is 0 Å². The van der Waals surface area contributed by atoms with E-state index in [-0.39, 0.29) is 0 Å². The molecule has 2 rings (SSSR count). The Morgan fingerprint density at radius 3 is 2.89 bits per heavy atom. The maximum absolute atomic E-state index is 4.17. The second-order valence-corrected chi connectivity index (χ2v) is 5.11. The van der Waals surface area contributed by atoms with Crippen LogP contribution in [0.3, 0.4) is 0 Å². The van der Waals surface area contributed by atoms with Gasteiger partial charge in [-0.25, -0.2) is 0 Å². The summed E-state index contributed by atoms with van der Waals surface area (Å²) in [5.41, 5.74) is 4.31. The fraction of sp³-hybridized carbons (Fsp3) is 0.500. The lowest BCUT2D eigenvalue weighted by Crippen LogP contribution is -2.29. The molecule has 0 fully saturated rings. The number of nitrogens with one attached hydrogen (secondary N) is 1. The van der Waals surface area contributed by atoms with Gasteiger partial charge < -0.3 is 5.32 Å². The minimum atomic E-state index is 0.939. The molecule has 1 aromatic rings. The highest BCUT2D eigenvalue weighted by Gasteiger charge is 2.14. The Morgan fingerprint density at radius 2 is 2.11 bits per heavy atom. The molecule has 0 bridgehead atoms. The minimum absolute atomic E-state index is 0.939. The molecular formula is C16H24N2. The van der Waals surface area contributed by atoms with Crippen LogP contribution in [0.5, 0.6) is 0 Å². The van der Waals surface area contributed by atoms with Crippen molar-refractivity contribution in [2.24, 2.45) is 0 Å². The quantitative estimate of drug-likeness (QED) is 0.801. The van der Waals surface area contributed by atoms with Crippen molar-refractivity contribution in [3.05, 3.63) is 47.5 Å². The third-order valence-electron chi connectivity index (χ3n) is 3.51. The highest BCUT2D eigenvalue weighted by atomic mass is 15.1. The van der Waals surface area contributed by atoms with Crippen molar-refractivity contribution < 1.29 is 0 Å². The van der Waals surface area contributed by atoms with E-state index in [1.807, 2.05) is 0 Å². The van der Waals surface area contributed by atoms with E-state index >= 15 is 0 Å². The molecule has 1 aliphatic rings. The number of likely N-dealkylation sites (N-methyl/N-ethyl adjacent to an activating group) is 1. The van der Waals surface area contributed by atoms with E-state index < -0.39 is 0 Å². The van der Waals surface area contributed by atoms with Gasteiger partial charge in [-0.2, -0.15) is 0 Å². The highest BCUT2D eigenvalue weighted by Crippen LogP contribution is 2.18. The summed E-state index contributed by atoms with van der Waals surface area (Å²) in [5, 5.41) is 3.35. The van der Waals surface area contributed by atoms with Crippen LogP contribution in [-0.2, 0) is 13.0 Å². The molecule has 0 saturated carbocycles. The van der Waals surface area contributed by atoms with Gasteiger partial charge in [-0.15, -0.1) is 0 Å². The summed E-state index contributed by atoms with van der Waals surface area (Å²) in [5.74, 6) is 0. The van der Waals surface area contributed by atoms with Gasteiger partial charge in [0.05, 0.1) is 0 Å².